The molecule has 0 bridgehead atoms. The summed E-state index contributed by atoms with van der Waals surface area (Å²) in [6.45, 7) is 7.09. The van der Waals surface area contributed by atoms with E-state index in [9.17, 15) is 0 Å². The Kier molecular flexibility index (Phi) is 4.01. The molecule has 0 N–H and O–H groups in total. The Labute approximate surface area is 104 Å². The third-order valence-corrected chi connectivity index (χ3v) is 2.66. The van der Waals surface area contributed by atoms with Crippen LogP contribution in [0.25, 0.3) is 0 Å². The third kappa shape index (κ3) is 3.39. The van der Waals surface area contributed by atoms with Crippen LogP contribution in [0.5, 0.6) is 5.75 Å². The summed E-state index contributed by atoms with van der Waals surface area (Å²) in [6, 6.07) is 6.09. The highest BCUT2D eigenvalue weighted by Gasteiger charge is 2.19. The average molecular weight is 232 g/mol. The van der Waals surface area contributed by atoms with Crippen LogP contribution in [0.2, 0.25) is 0 Å². The maximum Gasteiger partial charge on any atom is 0.179 e. The van der Waals surface area contributed by atoms with Gasteiger partial charge in [0, 0.05) is 7.05 Å². The lowest BCUT2D eigenvalue weighted by atomic mass is 9.85. The normalized spacial score (nSPS) is 10.8. The van der Waals surface area contributed by atoms with E-state index in [1.165, 1.54) is 5.56 Å². The van der Waals surface area contributed by atoms with Gasteiger partial charge in [-0.1, -0.05) is 26.8 Å². The number of ether oxygens (including phenoxy) is 1. The highest BCUT2D eigenvalue weighted by molar-refractivity contribution is 5.41. The third-order valence-electron chi connectivity index (χ3n) is 2.66. The largest absolute Gasteiger partial charge is 0.496 e. The van der Waals surface area contributed by atoms with Crippen LogP contribution in [-0.4, -0.2) is 19.1 Å². The molecule has 3 nitrogen and oxygen atoms in total. The molecule has 1 aromatic rings. The smallest absolute Gasteiger partial charge is 0.179 e. The van der Waals surface area contributed by atoms with E-state index in [2.05, 4.69) is 33.0 Å². The first-order valence-electron chi connectivity index (χ1n) is 5.66. The minimum Gasteiger partial charge on any atom is -0.496 e. The van der Waals surface area contributed by atoms with E-state index in [0.717, 1.165) is 11.3 Å². The van der Waals surface area contributed by atoms with Gasteiger partial charge in [0.1, 0.15) is 5.75 Å². The summed E-state index contributed by atoms with van der Waals surface area (Å²) in [5.74, 6) is 0.904. The molecule has 1 aromatic carbocycles. The quantitative estimate of drug-likeness (QED) is 0.594. The van der Waals surface area contributed by atoms with Gasteiger partial charge in [0.05, 0.1) is 13.7 Å². The first-order valence-corrected chi connectivity index (χ1v) is 5.66. The maximum absolute atomic E-state index is 8.78. The van der Waals surface area contributed by atoms with Gasteiger partial charge >= 0.3 is 0 Å². The molecule has 0 heterocycles. The van der Waals surface area contributed by atoms with E-state index >= 15 is 0 Å². The van der Waals surface area contributed by atoms with E-state index in [0.29, 0.717) is 6.54 Å². The predicted octanol–water partition coefficient (Wildman–Crippen LogP) is 2.91. The lowest BCUT2D eigenvalue weighted by Gasteiger charge is -2.23. The van der Waals surface area contributed by atoms with E-state index < -0.39 is 0 Å². The molecule has 0 unspecified atom stereocenters. The van der Waals surface area contributed by atoms with Crippen LogP contribution in [-0.2, 0) is 12.0 Å². The number of methoxy groups -OCH3 is 1. The van der Waals surface area contributed by atoms with Crippen molar-refractivity contribution in [2.24, 2.45) is 0 Å². The minimum absolute atomic E-state index is 0.0343. The Morgan fingerprint density at radius 1 is 1.35 bits per heavy atom. The van der Waals surface area contributed by atoms with Crippen LogP contribution in [0.4, 0.5) is 0 Å². The fraction of sp³-hybridized carbons (Fsp3) is 0.500. The summed E-state index contributed by atoms with van der Waals surface area (Å²) in [6.07, 6.45) is 2.10. The van der Waals surface area contributed by atoms with Crippen LogP contribution in [0.15, 0.2) is 18.2 Å². The van der Waals surface area contributed by atoms with Crippen LogP contribution < -0.4 is 4.74 Å². The molecule has 0 atom stereocenters. The van der Waals surface area contributed by atoms with Crippen molar-refractivity contribution in [3.05, 3.63) is 29.3 Å². The molecule has 0 aliphatic carbocycles. The Balaban J connectivity index is 3.10. The van der Waals surface area contributed by atoms with Crippen LogP contribution >= 0.6 is 0 Å². The summed E-state index contributed by atoms with van der Waals surface area (Å²) in [7, 11) is 3.46. The fourth-order valence-corrected chi connectivity index (χ4v) is 1.75. The monoisotopic (exact) mass is 232 g/mol. The van der Waals surface area contributed by atoms with Gasteiger partial charge in [-0.25, -0.2) is 0 Å². The van der Waals surface area contributed by atoms with Crippen molar-refractivity contribution < 1.29 is 4.74 Å². The van der Waals surface area contributed by atoms with Gasteiger partial charge < -0.3 is 9.64 Å². The maximum atomic E-state index is 8.78. The standard InChI is InChI=1S/C14H20N2O/c1-14(2,3)12-8-11(9-16(4)10-15)6-7-13(12)17-5/h6-8H,9H2,1-5H3. The van der Waals surface area contributed by atoms with Gasteiger partial charge in [0.15, 0.2) is 6.19 Å². The van der Waals surface area contributed by atoms with E-state index in [1.54, 1.807) is 19.1 Å². The van der Waals surface area contributed by atoms with Crippen molar-refractivity contribution >= 4 is 0 Å². The molecule has 0 aliphatic heterocycles. The van der Waals surface area contributed by atoms with E-state index in [-0.39, 0.29) is 5.41 Å². The Morgan fingerprint density at radius 3 is 2.47 bits per heavy atom. The molecule has 92 valence electrons. The highest BCUT2D eigenvalue weighted by Crippen LogP contribution is 2.32. The summed E-state index contributed by atoms with van der Waals surface area (Å²) in [5.41, 5.74) is 2.33. The van der Waals surface area contributed by atoms with Crippen molar-refractivity contribution in [1.29, 1.82) is 5.26 Å². The lowest BCUT2D eigenvalue weighted by molar-refractivity contribution is 0.396. The van der Waals surface area contributed by atoms with Crippen molar-refractivity contribution in [2.45, 2.75) is 32.7 Å². The summed E-state index contributed by atoms with van der Waals surface area (Å²) in [4.78, 5) is 1.61. The fourth-order valence-electron chi connectivity index (χ4n) is 1.75. The molecule has 0 saturated carbocycles. The predicted molar refractivity (Wildman–Crippen MR) is 68.8 cm³/mol. The second-order valence-electron chi connectivity index (χ2n) is 5.24. The summed E-state index contributed by atoms with van der Waals surface area (Å²) < 4.78 is 5.38. The van der Waals surface area contributed by atoms with Crippen LogP contribution in [0.3, 0.4) is 0 Å². The first-order chi connectivity index (χ1) is 7.88. The molecule has 0 aliphatic rings. The Bertz CT molecular complexity index is 427. The topological polar surface area (TPSA) is 36.3 Å². The van der Waals surface area contributed by atoms with Gasteiger partial charge in [-0.15, -0.1) is 0 Å². The van der Waals surface area contributed by atoms with Crippen molar-refractivity contribution in [1.82, 2.24) is 4.90 Å². The average Bonchev–Trinajstić information content (AvgIpc) is 2.27. The van der Waals surface area contributed by atoms with Gasteiger partial charge in [0.25, 0.3) is 0 Å². The molecule has 17 heavy (non-hydrogen) atoms. The van der Waals surface area contributed by atoms with Crippen LogP contribution in [0.1, 0.15) is 31.9 Å². The molecule has 0 radical (unpaired) electrons. The number of hydrogen-bond acceptors (Lipinski definition) is 3. The SMILES string of the molecule is COc1ccc(CN(C)C#N)cc1C(C)(C)C. The van der Waals surface area contributed by atoms with Crippen molar-refractivity contribution in [3.8, 4) is 11.9 Å². The number of nitriles is 1. The molecular formula is C14H20N2O. The zero-order chi connectivity index (χ0) is 13.1. The Hall–Kier alpha value is -1.69. The number of rotatable bonds is 3. The zero-order valence-electron chi connectivity index (χ0n) is 11.2. The van der Waals surface area contributed by atoms with E-state index in [1.807, 2.05) is 12.1 Å². The van der Waals surface area contributed by atoms with Gasteiger partial charge in [0.2, 0.25) is 0 Å². The van der Waals surface area contributed by atoms with Gasteiger partial charge in [-0.05, 0) is 28.7 Å². The molecule has 0 amide bonds. The van der Waals surface area contributed by atoms with Crippen molar-refractivity contribution in [3.63, 3.8) is 0 Å². The van der Waals surface area contributed by atoms with Gasteiger partial charge in [-0.2, -0.15) is 5.26 Å². The lowest BCUT2D eigenvalue weighted by Crippen LogP contribution is -2.15. The highest BCUT2D eigenvalue weighted by atomic mass is 16.5. The van der Waals surface area contributed by atoms with Gasteiger partial charge in [-0.3, -0.25) is 0 Å². The zero-order valence-corrected chi connectivity index (χ0v) is 11.2. The molecule has 3 heteroatoms. The second kappa shape index (κ2) is 5.09. The minimum atomic E-state index is 0.0343. The molecular weight excluding hydrogens is 212 g/mol. The molecule has 1 rings (SSSR count). The van der Waals surface area contributed by atoms with E-state index in [4.69, 9.17) is 10.00 Å². The van der Waals surface area contributed by atoms with Crippen molar-refractivity contribution in [2.75, 3.05) is 14.2 Å². The number of benzene rings is 1. The molecule has 0 saturated heterocycles. The second-order valence-corrected chi connectivity index (χ2v) is 5.24. The Morgan fingerprint density at radius 2 is 2.00 bits per heavy atom. The van der Waals surface area contributed by atoms with Crippen LogP contribution in [0, 0.1) is 11.5 Å². The summed E-state index contributed by atoms with van der Waals surface area (Å²) >= 11 is 0. The number of nitrogens with zero attached hydrogens (tertiary/aromatic N) is 2. The molecule has 0 aromatic heterocycles. The molecule has 0 fully saturated rings. The number of hydrogen-bond donors (Lipinski definition) is 0. The molecule has 0 spiro atoms. The summed E-state index contributed by atoms with van der Waals surface area (Å²) in [5, 5.41) is 8.78. The first kappa shape index (κ1) is 13.4.